The molecule has 0 fully saturated rings. The highest BCUT2D eigenvalue weighted by atomic mass is 79.9. The normalized spacial score (nSPS) is 12.1. The minimum atomic E-state index is -0.866. The van der Waals surface area contributed by atoms with Gasteiger partial charge in [-0.25, -0.2) is 0 Å². The second-order valence-corrected chi connectivity index (χ2v) is 4.17. The molecule has 0 aliphatic rings. The van der Waals surface area contributed by atoms with E-state index in [0.717, 1.165) is 0 Å². The van der Waals surface area contributed by atoms with Gasteiger partial charge in [-0.1, -0.05) is 6.92 Å². The number of carbonyl (C=O) groups excluding carboxylic acids is 1. The Kier molecular flexibility index (Phi) is 4.54. The average molecular weight is 290 g/mol. The van der Waals surface area contributed by atoms with Crippen molar-refractivity contribution in [3.05, 3.63) is 22.6 Å². The topological polar surface area (TPSA) is 79.5 Å². The van der Waals surface area contributed by atoms with E-state index in [4.69, 9.17) is 9.52 Å². The molecule has 0 spiro atoms. The number of carbonyl (C=O) groups is 2. The summed E-state index contributed by atoms with van der Waals surface area (Å²) in [6.07, 6.45) is 0.392. The van der Waals surface area contributed by atoms with Crippen molar-refractivity contribution in [3.63, 3.8) is 0 Å². The maximum atomic E-state index is 11.4. The van der Waals surface area contributed by atoms with Crippen molar-refractivity contribution in [1.29, 1.82) is 0 Å². The Morgan fingerprint density at radius 1 is 1.56 bits per heavy atom. The van der Waals surface area contributed by atoms with Crippen LogP contribution in [0.3, 0.4) is 0 Å². The number of rotatable bonds is 5. The van der Waals surface area contributed by atoms with Gasteiger partial charge in [0.25, 0.3) is 5.91 Å². The lowest BCUT2D eigenvalue weighted by Crippen LogP contribution is -2.26. The molecule has 0 aliphatic carbocycles. The van der Waals surface area contributed by atoms with Gasteiger partial charge in [-0.3, -0.25) is 9.59 Å². The van der Waals surface area contributed by atoms with Gasteiger partial charge < -0.3 is 14.8 Å². The van der Waals surface area contributed by atoms with Crippen LogP contribution in [0.2, 0.25) is 0 Å². The lowest BCUT2D eigenvalue weighted by molar-refractivity contribution is -0.141. The second-order valence-electron chi connectivity index (χ2n) is 3.39. The number of aliphatic carboxylic acids is 1. The predicted octanol–water partition coefficient (Wildman–Crippen LogP) is 1.88. The zero-order valence-corrected chi connectivity index (χ0v) is 10.3. The minimum Gasteiger partial charge on any atom is -0.481 e. The molecule has 1 rings (SSSR count). The van der Waals surface area contributed by atoms with Gasteiger partial charge in [0.1, 0.15) is 0 Å². The van der Waals surface area contributed by atoms with E-state index in [1.165, 1.54) is 0 Å². The molecular weight excluding hydrogens is 278 g/mol. The second kappa shape index (κ2) is 5.69. The van der Waals surface area contributed by atoms with E-state index in [1.807, 2.05) is 0 Å². The van der Waals surface area contributed by atoms with Crippen molar-refractivity contribution < 1.29 is 19.1 Å². The van der Waals surface area contributed by atoms with E-state index >= 15 is 0 Å². The number of furan rings is 1. The summed E-state index contributed by atoms with van der Waals surface area (Å²) in [5.74, 6) is -1.48. The molecule has 0 aromatic carbocycles. The van der Waals surface area contributed by atoms with Gasteiger partial charge in [-0.2, -0.15) is 0 Å². The fourth-order valence-electron chi connectivity index (χ4n) is 1.05. The summed E-state index contributed by atoms with van der Waals surface area (Å²) in [6.45, 7) is 1.91. The van der Waals surface area contributed by atoms with E-state index in [-0.39, 0.29) is 11.7 Å². The molecule has 2 N–H and O–H groups in total. The van der Waals surface area contributed by atoms with Crippen molar-refractivity contribution in [1.82, 2.24) is 5.32 Å². The molecule has 1 aromatic rings. The average Bonchev–Trinajstić information content (AvgIpc) is 2.64. The zero-order valence-electron chi connectivity index (χ0n) is 8.70. The SMILES string of the molecule is CC(CCNC(=O)c1ccc(Br)o1)C(=O)O. The number of hydrogen-bond acceptors (Lipinski definition) is 3. The molecule has 1 heterocycles. The van der Waals surface area contributed by atoms with Crippen molar-refractivity contribution in [3.8, 4) is 0 Å². The molecule has 16 heavy (non-hydrogen) atoms. The summed E-state index contributed by atoms with van der Waals surface area (Å²) in [7, 11) is 0. The van der Waals surface area contributed by atoms with E-state index < -0.39 is 11.9 Å². The molecule has 6 heteroatoms. The Labute approximate surface area is 101 Å². The summed E-state index contributed by atoms with van der Waals surface area (Å²) in [6, 6.07) is 3.16. The quantitative estimate of drug-likeness (QED) is 0.867. The van der Waals surface area contributed by atoms with Crippen LogP contribution in [0.25, 0.3) is 0 Å². The first-order chi connectivity index (χ1) is 7.50. The summed E-state index contributed by atoms with van der Waals surface area (Å²) in [5, 5.41) is 11.2. The highest BCUT2D eigenvalue weighted by molar-refractivity contribution is 9.10. The number of halogens is 1. The largest absolute Gasteiger partial charge is 0.481 e. The third-order valence-electron chi connectivity index (χ3n) is 2.08. The molecule has 1 amide bonds. The van der Waals surface area contributed by atoms with Crippen LogP contribution in [0.5, 0.6) is 0 Å². The van der Waals surface area contributed by atoms with Gasteiger partial charge in [0.2, 0.25) is 0 Å². The molecule has 0 aliphatic heterocycles. The standard InChI is InChI=1S/C10H12BrNO4/c1-6(10(14)15)4-5-12-9(13)7-2-3-8(11)16-7/h2-3,6H,4-5H2,1H3,(H,12,13)(H,14,15). The number of carboxylic acid groups (broad SMARTS) is 1. The number of hydrogen-bond donors (Lipinski definition) is 2. The molecule has 0 saturated heterocycles. The number of nitrogens with one attached hydrogen (secondary N) is 1. The lowest BCUT2D eigenvalue weighted by atomic mass is 10.1. The van der Waals surface area contributed by atoms with Crippen molar-refractivity contribution in [2.45, 2.75) is 13.3 Å². The maximum Gasteiger partial charge on any atom is 0.306 e. The molecule has 0 saturated carbocycles. The van der Waals surface area contributed by atoms with Gasteiger partial charge in [-0.05, 0) is 34.5 Å². The first-order valence-corrected chi connectivity index (χ1v) is 5.56. The Morgan fingerprint density at radius 3 is 2.75 bits per heavy atom. The van der Waals surface area contributed by atoms with Crippen molar-refractivity contribution in [2.75, 3.05) is 6.54 Å². The van der Waals surface area contributed by atoms with Crippen LogP contribution in [-0.2, 0) is 4.79 Å². The van der Waals surface area contributed by atoms with E-state index in [1.54, 1.807) is 19.1 Å². The molecule has 5 nitrogen and oxygen atoms in total. The lowest BCUT2D eigenvalue weighted by Gasteiger charge is -2.06. The molecule has 1 unspecified atom stereocenters. The Bertz CT molecular complexity index is 388. The highest BCUT2D eigenvalue weighted by Crippen LogP contribution is 2.13. The van der Waals surface area contributed by atoms with Crippen LogP contribution in [0, 0.1) is 5.92 Å². The van der Waals surface area contributed by atoms with Crippen molar-refractivity contribution >= 4 is 27.8 Å². The van der Waals surface area contributed by atoms with Gasteiger partial charge in [0.05, 0.1) is 5.92 Å². The van der Waals surface area contributed by atoms with Crippen LogP contribution in [0.4, 0.5) is 0 Å². The Balaban J connectivity index is 2.34. The third kappa shape index (κ3) is 3.69. The minimum absolute atomic E-state index is 0.204. The molecule has 0 radical (unpaired) electrons. The third-order valence-corrected chi connectivity index (χ3v) is 2.51. The van der Waals surface area contributed by atoms with Gasteiger partial charge in [0.15, 0.2) is 10.4 Å². The smallest absolute Gasteiger partial charge is 0.306 e. The molecule has 0 bridgehead atoms. The van der Waals surface area contributed by atoms with E-state index in [0.29, 0.717) is 17.6 Å². The Hall–Kier alpha value is -1.30. The van der Waals surface area contributed by atoms with Crippen LogP contribution in [0.15, 0.2) is 21.2 Å². The van der Waals surface area contributed by atoms with Gasteiger partial charge in [-0.15, -0.1) is 0 Å². The monoisotopic (exact) mass is 289 g/mol. The summed E-state index contributed by atoms with van der Waals surface area (Å²) < 4.78 is 5.52. The number of carboxylic acids is 1. The molecule has 1 atom stereocenters. The first-order valence-electron chi connectivity index (χ1n) is 4.77. The van der Waals surface area contributed by atoms with Crippen LogP contribution in [-0.4, -0.2) is 23.5 Å². The highest BCUT2D eigenvalue weighted by Gasteiger charge is 2.13. The number of amides is 1. The van der Waals surface area contributed by atoms with Crippen molar-refractivity contribution in [2.24, 2.45) is 5.92 Å². The fourth-order valence-corrected chi connectivity index (χ4v) is 1.36. The van der Waals surface area contributed by atoms with E-state index in [2.05, 4.69) is 21.2 Å². The first kappa shape index (κ1) is 12.8. The molecular formula is C10H12BrNO4. The summed E-state index contributed by atoms with van der Waals surface area (Å²) >= 11 is 3.09. The van der Waals surface area contributed by atoms with Gasteiger partial charge >= 0.3 is 5.97 Å². The molecule has 88 valence electrons. The maximum absolute atomic E-state index is 11.4. The molecule has 1 aromatic heterocycles. The predicted molar refractivity (Wildman–Crippen MR) is 60.2 cm³/mol. The van der Waals surface area contributed by atoms with Gasteiger partial charge in [0, 0.05) is 6.54 Å². The van der Waals surface area contributed by atoms with E-state index in [9.17, 15) is 9.59 Å². The summed E-state index contributed by atoms with van der Waals surface area (Å²) in [5.41, 5.74) is 0. The summed E-state index contributed by atoms with van der Waals surface area (Å²) in [4.78, 5) is 21.9. The van der Waals surface area contributed by atoms with Crippen LogP contribution in [0.1, 0.15) is 23.9 Å². The zero-order chi connectivity index (χ0) is 12.1. The van der Waals surface area contributed by atoms with Crippen LogP contribution >= 0.6 is 15.9 Å². The fraction of sp³-hybridized carbons (Fsp3) is 0.400. The van der Waals surface area contributed by atoms with Crippen LogP contribution < -0.4 is 5.32 Å². The Morgan fingerprint density at radius 2 is 2.25 bits per heavy atom.